The van der Waals surface area contributed by atoms with Crippen LogP contribution in [0, 0.1) is 0 Å². The van der Waals surface area contributed by atoms with Gasteiger partial charge in [0.15, 0.2) is 0 Å². The van der Waals surface area contributed by atoms with Crippen LogP contribution in [0.4, 0.5) is 5.69 Å². The van der Waals surface area contributed by atoms with Gasteiger partial charge in [-0.05, 0) is 47.0 Å². The standard InChI is InChI=1S/C27H29N3O2/c1-30(2)21-13-11-20(12-14-21)24(25-18-28-26-10-5-4-9-23(25)26)17-29-27(31)16-19-7-6-8-22(15-19)32-3/h4-15,18,24,28H,16-17H2,1-3H3,(H,29,31)/t24-/m0/s1. The van der Waals surface area contributed by atoms with E-state index in [1.54, 1.807) is 7.11 Å². The molecule has 4 aromatic rings. The molecule has 0 saturated carbocycles. The third-order valence-electron chi connectivity index (χ3n) is 5.81. The zero-order valence-electron chi connectivity index (χ0n) is 18.8. The van der Waals surface area contributed by atoms with E-state index in [4.69, 9.17) is 4.74 Å². The van der Waals surface area contributed by atoms with E-state index >= 15 is 0 Å². The largest absolute Gasteiger partial charge is 0.497 e. The lowest BCUT2D eigenvalue weighted by atomic mass is 9.90. The van der Waals surface area contributed by atoms with Crippen molar-refractivity contribution in [2.75, 3.05) is 32.6 Å². The van der Waals surface area contributed by atoms with Crippen molar-refractivity contribution in [3.63, 3.8) is 0 Å². The number of nitrogens with one attached hydrogen (secondary N) is 2. The maximum absolute atomic E-state index is 12.8. The average molecular weight is 428 g/mol. The molecule has 164 valence electrons. The molecule has 1 amide bonds. The van der Waals surface area contributed by atoms with E-state index in [1.165, 1.54) is 16.5 Å². The second-order valence-electron chi connectivity index (χ2n) is 8.16. The van der Waals surface area contributed by atoms with Crippen LogP contribution in [0.3, 0.4) is 0 Å². The molecular formula is C27H29N3O2. The number of amides is 1. The third kappa shape index (κ3) is 4.78. The Morgan fingerprint density at radius 2 is 1.81 bits per heavy atom. The summed E-state index contributed by atoms with van der Waals surface area (Å²) < 4.78 is 5.27. The number of hydrogen-bond acceptors (Lipinski definition) is 3. The molecular weight excluding hydrogens is 398 g/mol. The summed E-state index contributed by atoms with van der Waals surface area (Å²) in [5.74, 6) is 0.789. The summed E-state index contributed by atoms with van der Waals surface area (Å²) in [5, 5.41) is 4.33. The van der Waals surface area contributed by atoms with Gasteiger partial charge in [-0.1, -0.05) is 42.5 Å². The van der Waals surface area contributed by atoms with Gasteiger partial charge in [-0.2, -0.15) is 0 Å². The molecule has 5 nitrogen and oxygen atoms in total. The molecule has 0 aliphatic carbocycles. The molecule has 4 rings (SSSR count). The van der Waals surface area contributed by atoms with Gasteiger partial charge in [0.25, 0.3) is 0 Å². The molecule has 3 aromatic carbocycles. The number of rotatable bonds is 8. The highest BCUT2D eigenvalue weighted by Crippen LogP contribution is 2.31. The van der Waals surface area contributed by atoms with Crippen LogP contribution in [0.2, 0.25) is 0 Å². The third-order valence-corrected chi connectivity index (χ3v) is 5.81. The lowest BCUT2D eigenvalue weighted by Gasteiger charge is -2.20. The van der Waals surface area contributed by atoms with E-state index in [-0.39, 0.29) is 11.8 Å². The topological polar surface area (TPSA) is 57.4 Å². The Bertz CT molecular complexity index is 1190. The van der Waals surface area contributed by atoms with E-state index in [2.05, 4.69) is 57.8 Å². The van der Waals surface area contributed by atoms with Gasteiger partial charge in [0.1, 0.15) is 5.75 Å². The second kappa shape index (κ2) is 9.60. The van der Waals surface area contributed by atoms with Gasteiger partial charge in [0.2, 0.25) is 5.91 Å². The highest BCUT2D eigenvalue weighted by Gasteiger charge is 2.19. The van der Waals surface area contributed by atoms with E-state index in [0.29, 0.717) is 13.0 Å². The Balaban J connectivity index is 1.57. The maximum atomic E-state index is 12.8. The van der Waals surface area contributed by atoms with Crippen LogP contribution in [0.1, 0.15) is 22.6 Å². The number of ether oxygens (including phenoxy) is 1. The van der Waals surface area contributed by atoms with Crippen molar-refractivity contribution in [2.24, 2.45) is 0 Å². The number of carbonyl (C=O) groups is 1. The van der Waals surface area contributed by atoms with Crippen LogP contribution in [0.25, 0.3) is 10.9 Å². The van der Waals surface area contributed by atoms with Crippen LogP contribution in [0.5, 0.6) is 5.75 Å². The Morgan fingerprint density at radius 1 is 1.03 bits per heavy atom. The predicted molar refractivity (Wildman–Crippen MR) is 131 cm³/mol. The number of para-hydroxylation sites is 1. The zero-order chi connectivity index (χ0) is 22.5. The monoisotopic (exact) mass is 427 g/mol. The number of fused-ring (bicyclic) bond motifs is 1. The lowest BCUT2D eigenvalue weighted by Crippen LogP contribution is -2.30. The second-order valence-corrected chi connectivity index (χ2v) is 8.16. The molecule has 0 radical (unpaired) electrons. The minimum Gasteiger partial charge on any atom is -0.497 e. The van der Waals surface area contributed by atoms with Gasteiger partial charge in [-0.15, -0.1) is 0 Å². The van der Waals surface area contributed by atoms with Crippen LogP contribution >= 0.6 is 0 Å². The fourth-order valence-electron chi connectivity index (χ4n) is 4.04. The first-order chi connectivity index (χ1) is 15.5. The first-order valence-electron chi connectivity index (χ1n) is 10.8. The quantitative estimate of drug-likeness (QED) is 0.427. The highest BCUT2D eigenvalue weighted by atomic mass is 16.5. The van der Waals surface area contributed by atoms with Crippen molar-refractivity contribution in [1.29, 1.82) is 0 Å². The molecule has 32 heavy (non-hydrogen) atoms. The van der Waals surface area contributed by atoms with E-state index in [1.807, 2.05) is 50.5 Å². The summed E-state index contributed by atoms with van der Waals surface area (Å²) >= 11 is 0. The highest BCUT2D eigenvalue weighted by molar-refractivity contribution is 5.84. The normalized spacial score (nSPS) is 11.8. The number of hydrogen-bond donors (Lipinski definition) is 2. The molecule has 0 aliphatic heterocycles. The lowest BCUT2D eigenvalue weighted by molar-refractivity contribution is -0.120. The number of anilines is 1. The van der Waals surface area contributed by atoms with Gasteiger partial charge in [-0.3, -0.25) is 4.79 Å². The fourth-order valence-corrected chi connectivity index (χ4v) is 4.04. The molecule has 5 heteroatoms. The average Bonchev–Trinajstić information content (AvgIpc) is 3.24. The molecule has 0 unspecified atom stereocenters. The van der Waals surface area contributed by atoms with Gasteiger partial charge < -0.3 is 19.9 Å². The SMILES string of the molecule is COc1cccc(CC(=O)NC[C@@H](c2ccc(N(C)C)cc2)c2c[nH]c3ccccc23)c1. The van der Waals surface area contributed by atoms with Crippen molar-refractivity contribution in [2.45, 2.75) is 12.3 Å². The van der Waals surface area contributed by atoms with Gasteiger partial charge in [0.05, 0.1) is 13.5 Å². The molecule has 0 spiro atoms. The zero-order valence-corrected chi connectivity index (χ0v) is 18.8. The van der Waals surface area contributed by atoms with E-state index < -0.39 is 0 Å². The summed E-state index contributed by atoms with van der Waals surface area (Å²) in [5.41, 5.74) is 5.52. The number of benzene rings is 3. The minimum absolute atomic E-state index is 0.00648. The van der Waals surface area contributed by atoms with E-state index in [0.717, 1.165) is 22.5 Å². The summed E-state index contributed by atoms with van der Waals surface area (Å²) in [6.07, 6.45) is 2.38. The number of carbonyl (C=O) groups excluding carboxylic acids is 1. The number of methoxy groups -OCH3 is 1. The number of H-pyrrole nitrogens is 1. The molecule has 1 atom stereocenters. The van der Waals surface area contributed by atoms with Gasteiger partial charge >= 0.3 is 0 Å². The number of nitrogens with zero attached hydrogens (tertiary/aromatic N) is 1. The van der Waals surface area contributed by atoms with Crippen LogP contribution in [-0.4, -0.2) is 38.6 Å². The number of aromatic nitrogens is 1. The van der Waals surface area contributed by atoms with Crippen molar-refractivity contribution >= 4 is 22.5 Å². The predicted octanol–water partition coefficient (Wildman–Crippen LogP) is 4.73. The number of aromatic amines is 1. The van der Waals surface area contributed by atoms with Crippen molar-refractivity contribution in [1.82, 2.24) is 10.3 Å². The molecule has 1 heterocycles. The first-order valence-corrected chi connectivity index (χ1v) is 10.8. The van der Waals surface area contributed by atoms with Crippen LogP contribution < -0.4 is 15.0 Å². The van der Waals surface area contributed by atoms with Crippen molar-refractivity contribution < 1.29 is 9.53 Å². The molecule has 1 aromatic heterocycles. The fraction of sp³-hybridized carbons (Fsp3) is 0.222. The first kappa shape index (κ1) is 21.5. The summed E-state index contributed by atoms with van der Waals surface area (Å²) in [7, 11) is 5.70. The Labute approximate surface area is 189 Å². The molecule has 0 fully saturated rings. The maximum Gasteiger partial charge on any atom is 0.224 e. The Kier molecular flexibility index (Phi) is 6.45. The molecule has 2 N–H and O–H groups in total. The molecule has 0 saturated heterocycles. The van der Waals surface area contributed by atoms with Gasteiger partial charge in [-0.25, -0.2) is 0 Å². The van der Waals surface area contributed by atoms with Crippen LogP contribution in [0.15, 0.2) is 79.0 Å². The minimum atomic E-state index is -0.00648. The molecule has 0 aliphatic rings. The van der Waals surface area contributed by atoms with Crippen molar-refractivity contribution in [3.05, 3.63) is 95.7 Å². The Hall–Kier alpha value is -3.73. The molecule has 0 bridgehead atoms. The Morgan fingerprint density at radius 3 is 2.56 bits per heavy atom. The summed E-state index contributed by atoms with van der Waals surface area (Å²) in [4.78, 5) is 18.2. The van der Waals surface area contributed by atoms with Gasteiger partial charge in [0, 0.05) is 49.3 Å². The smallest absolute Gasteiger partial charge is 0.224 e. The summed E-state index contributed by atoms with van der Waals surface area (Å²) in [6.45, 7) is 0.520. The van der Waals surface area contributed by atoms with E-state index in [9.17, 15) is 4.79 Å². The van der Waals surface area contributed by atoms with Crippen LogP contribution in [-0.2, 0) is 11.2 Å². The van der Waals surface area contributed by atoms with Crippen molar-refractivity contribution in [3.8, 4) is 5.75 Å². The summed E-state index contributed by atoms with van der Waals surface area (Å²) in [6, 6.07) is 24.4.